The normalized spacial score (nSPS) is 10.9. The lowest BCUT2D eigenvalue weighted by Crippen LogP contribution is -2.16. The van der Waals surface area contributed by atoms with Crippen LogP contribution in [-0.4, -0.2) is 48.3 Å². The molecule has 0 aliphatic carbocycles. The zero-order chi connectivity index (χ0) is 25.9. The molecule has 2 aromatic carbocycles. The van der Waals surface area contributed by atoms with E-state index >= 15 is 0 Å². The van der Waals surface area contributed by atoms with Crippen molar-refractivity contribution < 1.29 is 37.7 Å². The van der Waals surface area contributed by atoms with Crippen LogP contribution in [0.25, 0.3) is 11.0 Å². The van der Waals surface area contributed by atoms with Gasteiger partial charge in [-0.1, -0.05) is 19.6 Å². The number of benzene rings is 2. The van der Waals surface area contributed by atoms with E-state index in [1.165, 1.54) is 35.4 Å². The van der Waals surface area contributed by atoms with Crippen molar-refractivity contribution in [2.75, 3.05) is 28.4 Å². The van der Waals surface area contributed by atoms with Crippen LogP contribution in [0.1, 0.15) is 28.6 Å². The van der Waals surface area contributed by atoms with Gasteiger partial charge in [0.15, 0.2) is 34.4 Å². The van der Waals surface area contributed by atoms with Crippen LogP contribution < -0.4 is 23.7 Å². The molecule has 0 amide bonds. The highest BCUT2D eigenvalue weighted by molar-refractivity contribution is 6.83. The number of ether oxygens (including phenoxy) is 5. The molecule has 0 aliphatic rings. The lowest BCUT2D eigenvalue weighted by molar-refractivity contribution is -0.131. The van der Waals surface area contributed by atoms with Gasteiger partial charge in [-0.3, -0.25) is 9.59 Å². The van der Waals surface area contributed by atoms with E-state index in [1.54, 1.807) is 24.3 Å². The molecule has 1 heterocycles. The molecule has 184 valence electrons. The first kappa shape index (κ1) is 25.7. The summed E-state index contributed by atoms with van der Waals surface area (Å²) >= 11 is 0. The van der Waals surface area contributed by atoms with Crippen LogP contribution in [0.4, 0.5) is 0 Å². The fourth-order valence-electron chi connectivity index (χ4n) is 3.43. The van der Waals surface area contributed by atoms with Crippen molar-refractivity contribution in [2.24, 2.45) is 0 Å². The highest BCUT2D eigenvalue weighted by Crippen LogP contribution is 2.42. The summed E-state index contributed by atoms with van der Waals surface area (Å²) in [5.74, 6) is 3.69. The summed E-state index contributed by atoms with van der Waals surface area (Å²) in [5.41, 5.74) is 3.94. The first-order valence-corrected chi connectivity index (χ1v) is 14.2. The number of methoxy groups -OCH3 is 4. The Morgan fingerprint density at radius 2 is 1.46 bits per heavy atom. The smallest absolute Gasteiger partial charge is 0.308 e. The average Bonchev–Trinajstić information content (AvgIpc) is 3.19. The van der Waals surface area contributed by atoms with Gasteiger partial charge in [0, 0.05) is 17.9 Å². The van der Waals surface area contributed by atoms with E-state index in [1.807, 2.05) is 0 Å². The SMILES string of the molecule is COc1cc(C(=O)c2c(C#C[Si](C)(C)C)oc3c(OC(C)=O)c(OC)ccc23)cc(OC)c1OC. The van der Waals surface area contributed by atoms with E-state index in [4.69, 9.17) is 28.1 Å². The minimum atomic E-state index is -1.82. The molecule has 0 fully saturated rings. The molecule has 8 nitrogen and oxygen atoms in total. The molecule has 0 spiro atoms. The monoisotopic (exact) mass is 496 g/mol. The van der Waals surface area contributed by atoms with Crippen LogP contribution in [0.2, 0.25) is 19.6 Å². The maximum Gasteiger partial charge on any atom is 0.308 e. The summed E-state index contributed by atoms with van der Waals surface area (Å²) in [7, 11) is 4.06. The number of esters is 1. The Bertz CT molecular complexity index is 1330. The number of fused-ring (bicyclic) bond motifs is 1. The molecule has 9 heteroatoms. The minimum Gasteiger partial charge on any atom is -0.493 e. The van der Waals surface area contributed by atoms with Gasteiger partial charge in [-0.05, 0) is 30.2 Å². The summed E-state index contributed by atoms with van der Waals surface area (Å²) in [6.45, 7) is 7.51. The van der Waals surface area contributed by atoms with Gasteiger partial charge in [-0.2, -0.15) is 0 Å². The number of furan rings is 1. The van der Waals surface area contributed by atoms with Gasteiger partial charge < -0.3 is 28.1 Å². The quantitative estimate of drug-likeness (QED) is 0.151. The van der Waals surface area contributed by atoms with Crippen molar-refractivity contribution in [2.45, 2.75) is 26.6 Å². The Labute approximate surface area is 205 Å². The van der Waals surface area contributed by atoms with Crippen molar-refractivity contribution in [3.05, 3.63) is 41.2 Å². The third-order valence-electron chi connectivity index (χ3n) is 4.95. The fraction of sp³-hybridized carbons (Fsp3) is 0.308. The van der Waals surface area contributed by atoms with Crippen LogP contribution in [0.3, 0.4) is 0 Å². The predicted octanol–water partition coefficient (Wildman–Crippen LogP) is 4.85. The van der Waals surface area contributed by atoms with Crippen molar-refractivity contribution in [1.82, 2.24) is 0 Å². The third-order valence-corrected chi connectivity index (χ3v) is 5.82. The molecule has 0 atom stereocenters. The maximum atomic E-state index is 13.9. The number of ketones is 1. The van der Waals surface area contributed by atoms with Crippen molar-refractivity contribution >= 4 is 30.8 Å². The van der Waals surface area contributed by atoms with Gasteiger partial charge in [0.2, 0.25) is 11.5 Å². The van der Waals surface area contributed by atoms with Gasteiger partial charge in [-0.25, -0.2) is 0 Å². The molecular weight excluding hydrogens is 468 g/mol. The Balaban J connectivity index is 2.35. The molecule has 0 unspecified atom stereocenters. The van der Waals surface area contributed by atoms with Gasteiger partial charge >= 0.3 is 5.97 Å². The van der Waals surface area contributed by atoms with Gasteiger partial charge in [0.05, 0.1) is 34.0 Å². The third kappa shape index (κ3) is 5.28. The fourth-order valence-corrected chi connectivity index (χ4v) is 3.92. The van der Waals surface area contributed by atoms with E-state index in [0.29, 0.717) is 22.6 Å². The zero-order valence-corrected chi connectivity index (χ0v) is 22.1. The number of carbonyl (C=O) groups is 2. The van der Waals surface area contributed by atoms with E-state index in [0.717, 1.165) is 0 Å². The predicted molar refractivity (Wildman–Crippen MR) is 134 cm³/mol. The Hall–Kier alpha value is -3.90. The lowest BCUT2D eigenvalue weighted by Gasteiger charge is -2.13. The molecule has 3 rings (SSSR count). The van der Waals surface area contributed by atoms with Crippen molar-refractivity contribution in [3.63, 3.8) is 0 Å². The molecule has 35 heavy (non-hydrogen) atoms. The average molecular weight is 497 g/mol. The van der Waals surface area contributed by atoms with Gasteiger partial charge in [-0.15, -0.1) is 5.54 Å². The van der Waals surface area contributed by atoms with E-state index in [2.05, 4.69) is 31.1 Å². The van der Waals surface area contributed by atoms with E-state index < -0.39 is 14.0 Å². The van der Waals surface area contributed by atoms with Crippen LogP contribution in [0, 0.1) is 11.5 Å². The summed E-state index contributed by atoms with van der Waals surface area (Å²) in [6.07, 6.45) is 0. The first-order valence-electron chi connectivity index (χ1n) is 10.7. The largest absolute Gasteiger partial charge is 0.493 e. The number of hydrogen-bond donors (Lipinski definition) is 0. The molecule has 0 bridgehead atoms. The lowest BCUT2D eigenvalue weighted by atomic mass is 9.99. The summed E-state index contributed by atoms with van der Waals surface area (Å²) in [4.78, 5) is 25.7. The second-order valence-electron chi connectivity index (χ2n) is 8.62. The topological polar surface area (TPSA) is 93.4 Å². The highest BCUT2D eigenvalue weighted by atomic mass is 28.3. The van der Waals surface area contributed by atoms with Crippen LogP contribution in [0.15, 0.2) is 28.7 Å². The number of rotatable bonds is 7. The van der Waals surface area contributed by atoms with Crippen molar-refractivity contribution in [3.8, 4) is 40.2 Å². The molecule has 0 N–H and O–H groups in total. The summed E-state index contributed by atoms with van der Waals surface area (Å²) < 4.78 is 33.0. The molecule has 0 aliphatic heterocycles. The maximum absolute atomic E-state index is 13.9. The van der Waals surface area contributed by atoms with Crippen LogP contribution in [0.5, 0.6) is 28.7 Å². The second-order valence-corrected chi connectivity index (χ2v) is 13.4. The zero-order valence-electron chi connectivity index (χ0n) is 21.1. The second kappa shape index (κ2) is 10.2. The Kier molecular flexibility index (Phi) is 7.46. The number of carbonyl (C=O) groups excluding carboxylic acids is 2. The molecule has 0 radical (unpaired) electrons. The molecule has 1 aromatic heterocycles. The van der Waals surface area contributed by atoms with E-state index in [9.17, 15) is 9.59 Å². The molecule has 0 saturated heterocycles. The van der Waals surface area contributed by atoms with Crippen molar-refractivity contribution in [1.29, 1.82) is 0 Å². The highest BCUT2D eigenvalue weighted by Gasteiger charge is 2.28. The number of hydrogen-bond acceptors (Lipinski definition) is 8. The summed E-state index contributed by atoms with van der Waals surface area (Å²) in [5, 5.41) is 0.431. The minimum absolute atomic E-state index is 0.0810. The standard InChI is InChI=1S/C26H28O8Si/c1-15(27)33-26-19(29-2)10-9-17-22(18(34-24(17)26)11-12-35(6,7)8)23(28)16-13-20(30-3)25(32-5)21(14-16)31-4/h9-10,13-14H,1-8H3. The van der Waals surface area contributed by atoms with Gasteiger partial charge in [0.25, 0.3) is 0 Å². The molecule has 0 saturated carbocycles. The summed E-state index contributed by atoms with van der Waals surface area (Å²) in [6, 6.07) is 6.41. The molecule has 3 aromatic rings. The van der Waals surface area contributed by atoms with Crippen LogP contribution >= 0.6 is 0 Å². The van der Waals surface area contributed by atoms with E-state index in [-0.39, 0.29) is 39.8 Å². The van der Waals surface area contributed by atoms with Gasteiger partial charge in [0.1, 0.15) is 8.07 Å². The Morgan fingerprint density at radius 3 is 1.94 bits per heavy atom. The Morgan fingerprint density at radius 1 is 0.857 bits per heavy atom. The first-order chi connectivity index (χ1) is 16.5. The molecular formula is C26H28O8Si. The van der Waals surface area contributed by atoms with Crippen LogP contribution in [-0.2, 0) is 4.79 Å².